The summed E-state index contributed by atoms with van der Waals surface area (Å²) in [6.07, 6.45) is -12.9. The standard InChI is InChI=1S/C40H45N3O15/c1-23(44)50-22-30-32(55-29-18-16-28(48-4)17-19-29)33(51-20-26-12-8-6-9-13-26)31(42-43-41)39(56-30)57-35-34(52-21-27-14-10-7-11-15-27)37(53-24(2)45)40(54-25(3)46)58-36(35)38(47)49-5/h6-19,30-37,39-40H,20-22H2,1-5H3/t30-,31-,32-,33-,34+,35+,36-,37-,39-,40+/m1/s1. The van der Waals surface area contributed by atoms with Crippen molar-refractivity contribution >= 4 is 23.9 Å². The van der Waals surface area contributed by atoms with Gasteiger partial charge in [-0.2, -0.15) is 0 Å². The van der Waals surface area contributed by atoms with E-state index in [1.165, 1.54) is 14.0 Å². The highest BCUT2D eigenvalue weighted by atomic mass is 16.8. The fourth-order valence-corrected chi connectivity index (χ4v) is 6.38. The number of azide groups is 1. The van der Waals surface area contributed by atoms with E-state index in [4.69, 9.17) is 52.1 Å². The predicted octanol–water partition coefficient (Wildman–Crippen LogP) is 4.36. The van der Waals surface area contributed by atoms with Crippen LogP contribution >= 0.6 is 0 Å². The van der Waals surface area contributed by atoms with E-state index in [0.717, 1.165) is 26.5 Å². The van der Waals surface area contributed by atoms with Crippen LogP contribution in [0.4, 0.5) is 0 Å². The maximum absolute atomic E-state index is 13.5. The second-order valence-corrected chi connectivity index (χ2v) is 13.1. The van der Waals surface area contributed by atoms with Gasteiger partial charge >= 0.3 is 23.9 Å². The number of methoxy groups -OCH3 is 2. The number of hydrogen-bond donors (Lipinski definition) is 0. The van der Waals surface area contributed by atoms with Gasteiger partial charge in [0.25, 0.3) is 0 Å². The monoisotopic (exact) mass is 807 g/mol. The Bertz CT molecular complexity index is 1860. The Kier molecular flexibility index (Phi) is 15.8. The summed E-state index contributed by atoms with van der Waals surface area (Å²) in [6, 6.07) is 23.3. The van der Waals surface area contributed by atoms with Crippen molar-refractivity contribution in [2.45, 2.75) is 95.3 Å². The molecule has 2 heterocycles. The first-order chi connectivity index (χ1) is 28.0. The van der Waals surface area contributed by atoms with Gasteiger partial charge in [0.1, 0.15) is 48.6 Å². The van der Waals surface area contributed by atoms with E-state index in [9.17, 15) is 24.7 Å². The molecule has 0 saturated carbocycles. The van der Waals surface area contributed by atoms with Crippen molar-refractivity contribution < 1.29 is 71.3 Å². The first-order valence-corrected chi connectivity index (χ1v) is 18.2. The summed E-state index contributed by atoms with van der Waals surface area (Å²) in [5, 5.41) is 4.05. The summed E-state index contributed by atoms with van der Waals surface area (Å²) < 4.78 is 65.1. The second kappa shape index (κ2) is 21.1. The topological polar surface area (TPSA) is 219 Å². The molecular weight excluding hydrogens is 762 g/mol. The molecular formula is C40H45N3O15. The van der Waals surface area contributed by atoms with Crippen molar-refractivity contribution in [1.82, 2.24) is 0 Å². The van der Waals surface area contributed by atoms with Crippen LogP contribution in [0.2, 0.25) is 0 Å². The molecule has 5 rings (SSSR count). The van der Waals surface area contributed by atoms with E-state index in [0.29, 0.717) is 17.1 Å². The van der Waals surface area contributed by atoms with Gasteiger partial charge in [0.05, 0.1) is 27.4 Å². The van der Waals surface area contributed by atoms with Crippen LogP contribution in [-0.4, -0.2) is 106 Å². The molecule has 2 saturated heterocycles. The molecule has 2 aliphatic heterocycles. The van der Waals surface area contributed by atoms with Gasteiger partial charge in [0.2, 0.25) is 6.29 Å². The zero-order chi connectivity index (χ0) is 41.6. The van der Waals surface area contributed by atoms with Gasteiger partial charge in [-0.3, -0.25) is 14.4 Å². The molecule has 2 fully saturated rings. The van der Waals surface area contributed by atoms with E-state index < -0.39 is 85.2 Å². The van der Waals surface area contributed by atoms with E-state index >= 15 is 0 Å². The van der Waals surface area contributed by atoms with Gasteiger partial charge in [-0.05, 0) is 40.9 Å². The van der Waals surface area contributed by atoms with Gasteiger partial charge in [-0.25, -0.2) is 4.79 Å². The van der Waals surface area contributed by atoms with Crippen molar-refractivity contribution in [2.24, 2.45) is 5.11 Å². The fourth-order valence-electron chi connectivity index (χ4n) is 6.38. The minimum Gasteiger partial charge on any atom is -0.497 e. The summed E-state index contributed by atoms with van der Waals surface area (Å²) in [5.41, 5.74) is 11.4. The Morgan fingerprint density at radius 2 is 1.26 bits per heavy atom. The van der Waals surface area contributed by atoms with Crippen LogP contribution in [-0.2, 0) is 75.0 Å². The SMILES string of the molecule is COC(=O)[C@@H]1O[C@H](OC(C)=O)[C@H](OC(C)=O)[C@@H](OCc2ccccc2)[C@@H]1O[C@H]1O[C@H](COC(C)=O)[C@@H](Oc2ccc(OC)cc2)[C@H](OCc2ccccc2)[C@H]1N=[N+]=[N-]. The molecule has 0 amide bonds. The maximum Gasteiger partial charge on any atom is 0.338 e. The zero-order valence-electron chi connectivity index (χ0n) is 32.4. The second-order valence-electron chi connectivity index (χ2n) is 13.1. The molecule has 58 heavy (non-hydrogen) atoms. The van der Waals surface area contributed by atoms with E-state index in [-0.39, 0.29) is 19.8 Å². The van der Waals surface area contributed by atoms with Gasteiger partial charge in [-0.1, -0.05) is 65.8 Å². The minimum absolute atomic E-state index is 0.00282. The molecule has 0 spiro atoms. The summed E-state index contributed by atoms with van der Waals surface area (Å²) in [7, 11) is 2.62. The molecule has 3 aromatic rings. The Balaban J connectivity index is 1.60. The highest BCUT2D eigenvalue weighted by molar-refractivity contribution is 5.76. The number of nitrogens with zero attached hydrogens (tertiary/aromatic N) is 3. The minimum atomic E-state index is -1.71. The Labute approximate surface area is 334 Å². The number of ether oxygens (including phenoxy) is 11. The Morgan fingerprint density at radius 1 is 0.672 bits per heavy atom. The lowest BCUT2D eigenvalue weighted by Gasteiger charge is -2.48. The molecule has 18 heteroatoms. The zero-order valence-corrected chi connectivity index (χ0v) is 32.4. The van der Waals surface area contributed by atoms with Gasteiger partial charge < -0.3 is 52.1 Å². The van der Waals surface area contributed by atoms with Crippen molar-refractivity contribution in [3.8, 4) is 11.5 Å². The van der Waals surface area contributed by atoms with Crippen molar-refractivity contribution in [3.05, 3.63) is 106 Å². The predicted molar refractivity (Wildman–Crippen MR) is 199 cm³/mol. The lowest BCUT2D eigenvalue weighted by atomic mass is 9.95. The lowest BCUT2D eigenvalue weighted by molar-refractivity contribution is -0.342. The molecule has 0 aliphatic carbocycles. The lowest BCUT2D eigenvalue weighted by Crippen LogP contribution is -2.67. The molecule has 0 radical (unpaired) electrons. The molecule has 0 N–H and O–H groups in total. The van der Waals surface area contributed by atoms with Crippen molar-refractivity contribution in [3.63, 3.8) is 0 Å². The smallest absolute Gasteiger partial charge is 0.338 e. The molecule has 310 valence electrons. The van der Waals surface area contributed by atoms with Crippen LogP contribution in [0.15, 0.2) is 90.0 Å². The van der Waals surface area contributed by atoms with E-state index in [2.05, 4.69) is 10.0 Å². The molecule has 2 aliphatic rings. The fraction of sp³-hybridized carbons (Fsp3) is 0.450. The summed E-state index contributed by atoms with van der Waals surface area (Å²) >= 11 is 0. The summed E-state index contributed by atoms with van der Waals surface area (Å²) in [4.78, 5) is 53.6. The van der Waals surface area contributed by atoms with Crippen LogP contribution in [0.5, 0.6) is 11.5 Å². The Morgan fingerprint density at radius 3 is 1.79 bits per heavy atom. The van der Waals surface area contributed by atoms with E-state index in [1.54, 1.807) is 54.6 Å². The highest BCUT2D eigenvalue weighted by Crippen LogP contribution is 2.37. The van der Waals surface area contributed by atoms with Crippen LogP contribution in [0.25, 0.3) is 10.4 Å². The van der Waals surface area contributed by atoms with Gasteiger partial charge in [-0.15, -0.1) is 0 Å². The largest absolute Gasteiger partial charge is 0.497 e. The third-order valence-electron chi connectivity index (χ3n) is 8.96. The maximum atomic E-state index is 13.5. The molecule has 3 aromatic carbocycles. The van der Waals surface area contributed by atoms with E-state index in [1.807, 2.05) is 30.3 Å². The number of carbonyl (C=O) groups excluding carboxylic acids is 4. The molecule has 0 bridgehead atoms. The third kappa shape index (κ3) is 11.7. The average Bonchev–Trinajstić information content (AvgIpc) is 3.21. The number of rotatable bonds is 17. The molecule has 0 aromatic heterocycles. The van der Waals surface area contributed by atoms with Crippen molar-refractivity contribution in [2.75, 3.05) is 20.8 Å². The van der Waals surface area contributed by atoms with Crippen LogP contribution < -0.4 is 9.47 Å². The first kappa shape index (κ1) is 43.4. The van der Waals surface area contributed by atoms with Crippen LogP contribution in [0.3, 0.4) is 0 Å². The third-order valence-corrected chi connectivity index (χ3v) is 8.96. The quantitative estimate of drug-likeness (QED) is 0.0608. The normalized spacial score (nSPS) is 26.6. The number of hydrogen-bond acceptors (Lipinski definition) is 16. The van der Waals surface area contributed by atoms with Crippen LogP contribution in [0, 0.1) is 0 Å². The summed E-state index contributed by atoms with van der Waals surface area (Å²) in [6.45, 7) is 2.95. The molecule has 0 unspecified atom stereocenters. The molecule has 10 atom stereocenters. The van der Waals surface area contributed by atoms with Crippen molar-refractivity contribution in [1.29, 1.82) is 0 Å². The number of carbonyl (C=O) groups is 4. The average molecular weight is 808 g/mol. The first-order valence-electron chi connectivity index (χ1n) is 18.2. The molecule has 18 nitrogen and oxygen atoms in total. The van der Waals surface area contributed by atoms with Crippen LogP contribution in [0.1, 0.15) is 31.9 Å². The summed E-state index contributed by atoms with van der Waals surface area (Å²) in [5.74, 6) is -2.34. The Hall–Kier alpha value is -5.75. The number of esters is 4. The highest BCUT2D eigenvalue weighted by Gasteiger charge is 2.57. The van der Waals surface area contributed by atoms with Gasteiger partial charge in [0.15, 0.2) is 24.6 Å². The number of benzene rings is 3. The van der Waals surface area contributed by atoms with Gasteiger partial charge in [0, 0.05) is 25.7 Å².